The molecule has 2 aliphatic rings. The van der Waals surface area contributed by atoms with E-state index in [1.807, 2.05) is 6.20 Å². The summed E-state index contributed by atoms with van der Waals surface area (Å²) in [4.78, 5) is 11.2. The van der Waals surface area contributed by atoms with E-state index in [9.17, 15) is 4.79 Å². The molecule has 4 heteroatoms. The van der Waals surface area contributed by atoms with Gasteiger partial charge in [-0.3, -0.25) is 4.79 Å². The minimum absolute atomic E-state index is 0.322. The summed E-state index contributed by atoms with van der Waals surface area (Å²) in [6.07, 6.45) is 6.39. The summed E-state index contributed by atoms with van der Waals surface area (Å²) in [6.45, 7) is 0. The molecule has 0 amide bonds. The van der Waals surface area contributed by atoms with Crippen molar-refractivity contribution in [3.05, 3.63) is 11.8 Å². The highest BCUT2D eigenvalue weighted by Crippen LogP contribution is 2.36. The molecule has 0 saturated heterocycles. The Labute approximate surface area is 89.9 Å². The zero-order valence-corrected chi connectivity index (χ0v) is 9.03. The average Bonchev–Trinajstić information content (AvgIpc) is 2.81. The van der Waals surface area contributed by atoms with Crippen LogP contribution in [-0.2, 0) is 9.53 Å². The highest BCUT2D eigenvalue weighted by atomic mass is 16.5. The second-order valence-electron chi connectivity index (χ2n) is 4.36. The molecule has 15 heavy (non-hydrogen) atoms. The Bertz CT molecular complexity index is 288. The molecule has 1 heterocycles. The number of hydrogen-bond donors (Lipinski definition) is 2. The molecule has 3 atom stereocenters. The molecule has 84 valence electrons. The third kappa shape index (κ3) is 2.00. The van der Waals surface area contributed by atoms with Crippen LogP contribution in [0.15, 0.2) is 11.8 Å². The van der Waals surface area contributed by atoms with Crippen LogP contribution in [0.25, 0.3) is 0 Å². The van der Waals surface area contributed by atoms with Crippen LogP contribution in [0.1, 0.15) is 25.7 Å². The van der Waals surface area contributed by atoms with Crippen molar-refractivity contribution in [2.75, 3.05) is 7.11 Å². The van der Waals surface area contributed by atoms with Crippen molar-refractivity contribution in [2.45, 2.75) is 37.8 Å². The number of carbonyl (C=O) groups is 1. The van der Waals surface area contributed by atoms with Gasteiger partial charge in [0.1, 0.15) is 6.04 Å². The molecule has 0 radical (unpaired) electrons. The summed E-state index contributed by atoms with van der Waals surface area (Å²) in [7, 11) is 1.38. The zero-order chi connectivity index (χ0) is 10.8. The monoisotopic (exact) mass is 210 g/mol. The van der Waals surface area contributed by atoms with E-state index < -0.39 is 6.04 Å². The van der Waals surface area contributed by atoms with Crippen LogP contribution in [0.2, 0.25) is 0 Å². The van der Waals surface area contributed by atoms with Crippen molar-refractivity contribution in [2.24, 2.45) is 11.7 Å². The van der Waals surface area contributed by atoms with Crippen molar-refractivity contribution < 1.29 is 9.53 Å². The molecule has 4 nitrogen and oxygen atoms in total. The van der Waals surface area contributed by atoms with Crippen LogP contribution in [0.5, 0.6) is 0 Å². The molecular weight excluding hydrogens is 192 g/mol. The van der Waals surface area contributed by atoms with Gasteiger partial charge in [-0.05, 0) is 31.0 Å². The highest BCUT2D eigenvalue weighted by Gasteiger charge is 2.34. The Hall–Kier alpha value is -1.03. The molecule has 0 aromatic rings. The molecule has 2 rings (SSSR count). The molecule has 3 N–H and O–H groups in total. The largest absolute Gasteiger partial charge is 0.468 e. The molecule has 0 bridgehead atoms. The second kappa shape index (κ2) is 4.23. The van der Waals surface area contributed by atoms with Crippen LogP contribution in [0, 0.1) is 5.92 Å². The summed E-state index contributed by atoms with van der Waals surface area (Å²) in [5.41, 5.74) is 7.03. The van der Waals surface area contributed by atoms with Crippen LogP contribution in [0.4, 0.5) is 0 Å². The average molecular weight is 210 g/mol. The van der Waals surface area contributed by atoms with Crippen molar-refractivity contribution in [3.63, 3.8) is 0 Å². The normalized spacial score (nSPS) is 30.4. The summed E-state index contributed by atoms with van der Waals surface area (Å²) in [5, 5.41) is 3.36. The Kier molecular flexibility index (Phi) is 2.95. The van der Waals surface area contributed by atoms with E-state index in [1.54, 1.807) is 0 Å². The van der Waals surface area contributed by atoms with Gasteiger partial charge in [-0.15, -0.1) is 0 Å². The smallest absolute Gasteiger partial charge is 0.322 e. The quantitative estimate of drug-likeness (QED) is 0.667. The lowest BCUT2D eigenvalue weighted by molar-refractivity contribution is -0.142. The van der Waals surface area contributed by atoms with Crippen LogP contribution < -0.4 is 11.1 Å². The number of ether oxygens (including phenoxy) is 1. The third-order valence-corrected chi connectivity index (χ3v) is 3.43. The summed E-state index contributed by atoms with van der Waals surface area (Å²) in [6, 6.07) is 0.0762. The van der Waals surface area contributed by atoms with Gasteiger partial charge in [0.15, 0.2) is 0 Å². The number of esters is 1. The first-order valence-electron chi connectivity index (χ1n) is 5.50. The summed E-state index contributed by atoms with van der Waals surface area (Å²) < 4.78 is 4.62. The lowest BCUT2D eigenvalue weighted by Gasteiger charge is -2.15. The first-order valence-corrected chi connectivity index (χ1v) is 5.50. The Balaban J connectivity index is 1.92. The van der Waals surface area contributed by atoms with Gasteiger partial charge in [0.25, 0.3) is 0 Å². The number of rotatable bonds is 3. The van der Waals surface area contributed by atoms with Crippen LogP contribution in [0.3, 0.4) is 0 Å². The highest BCUT2D eigenvalue weighted by molar-refractivity contribution is 5.75. The first kappa shape index (κ1) is 10.5. The van der Waals surface area contributed by atoms with Gasteiger partial charge < -0.3 is 15.8 Å². The molecule has 1 aliphatic heterocycles. The standard InChI is InChI=1S/C11H18N2O2/c1-15-11(14)9(12)5-7-6-13-10-4-2-3-8(7)10/h6,8-10,13H,2-5,12H2,1H3. The van der Waals surface area contributed by atoms with Gasteiger partial charge in [-0.2, -0.15) is 0 Å². The Morgan fingerprint density at radius 3 is 3.27 bits per heavy atom. The van der Waals surface area contributed by atoms with Crippen molar-refractivity contribution in [3.8, 4) is 0 Å². The van der Waals surface area contributed by atoms with Gasteiger partial charge in [0, 0.05) is 12.0 Å². The maximum absolute atomic E-state index is 11.2. The van der Waals surface area contributed by atoms with Gasteiger partial charge >= 0.3 is 5.97 Å². The number of hydrogen-bond acceptors (Lipinski definition) is 4. The van der Waals surface area contributed by atoms with E-state index in [1.165, 1.54) is 31.9 Å². The fourth-order valence-electron chi connectivity index (χ4n) is 2.62. The number of nitrogens with one attached hydrogen (secondary N) is 1. The van der Waals surface area contributed by atoms with Gasteiger partial charge in [-0.25, -0.2) is 0 Å². The Morgan fingerprint density at radius 1 is 1.73 bits per heavy atom. The van der Waals surface area contributed by atoms with Crippen molar-refractivity contribution in [1.82, 2.24) is 5.32 Å². The van der Waals surface area contributed by atoms with Crippen molar-refractivity contribution >= 4 is 5.97 Å². The van der Waals surface area contributed by atoms with Crippen LogP contribution in [-0.4, -0.2) is 25.2 Å². The lowest BCUT2D eigenvalue weighted by atomic mass is 9.93. The molecular formula is C11H18N2O2. The Morgan fingerprint density at radius 2 is 2.53 bits per heavy atom. The topological polar surface area (TPSA) is 64.3 Å². The molecule has 0 spiro atoms. The number of fused-ring (bicyclic) bond motifs is 1. The number of nitrogens with two attached hydrogens (primary N) is 1. The van der Waals surface area contributed by atoms with E-state index >= 15 is 0 Å². The van der Waals surface area contributed by atoms with Crippen molar-refractivity contribution in [1.29, 1.82) is 0 Å². The summed E-state index contributed by atoms with van der Waals surface area (Å²) in [5.74, 6) is 0.276. The van der Waals surface area contributed by atoms with Gasteiger partial charge in [0.05, 0.1) is 7.11 Å². The maximum atomic E-state index is 11.2. The SMILES string of the molecule is COC(=O)C(N)CC1=CNC2CCCC12. The van der Waals surface area contributed by atoms with E-state index in [0.717, 1.165) is 0 Å². The van der Waals surface area contributed by atoms with E-state index in [4.69, 9.17) is 5.73 Å². The molecule has 0 aromatic heterocycles. The predicted molar refractivity (Wildman–Crippen MR) is 57.0 cm³/mol. The molecule has 1 saturated carbocycles. The minimum Gasteiger partial charge on any atom is -0.468 e. The number of carbonyl (C=O) groups excluding carboxylic acids is 1. The third-order valence-electron chi connectivity index (χ3n) is 3.43. The zero-order valence-electron chi connectivity index (χ0n) is 9.03. The minimum atomic E-state index is -0.512. The molecule has 1 fully saturated rings. The second-order valence-corrected chi connectivity index (χ2v) is 4.36. The van der Waals surface area contributed by atoms with Gasteiger partial charge in [0.2, 0.25) is 0 Å². The lowest BCUT2D eigenvalue weighted by Crippen LogP contribution is -2.32. The predicted octanol–water partition coefficient (Wildman–Crippen LogP) is 0.533. The molecule has 1 aliphatic carbocycles. The van der Waals surface area contributed by atoms with E-state index in [0.29, 0.717) is 18.4 Å². The van der Waals surface area contributed by atoms with Crippen LogP contribution >= 0.6 is 0 Å². The maximum Gasteiger partial charge on any atom is 0.322 e. The fourth-order valence-corrected chi connectivity index (χ4v) is 2.62. The first-order chi connectivity index (χ1) is 7.22. The van der Waals surface area contributed by atoms with E-state index in [2.05, 4.69) is 10.1 Å². The molecule has 0 aromatic carbocycles. The number of methoxy groups -OCH3 is 1. The van der Waals surface area contributed by atoms with Gasteiger partial charge in [-0.1, -0.05) is 6.42 Å². The molecule has 3 unspecified atom stereocenters. The fraction of sp³-hybridized carbons (Fsp3) is 0.727. The van der Waals surface area contributed by atoms with E-state index in [-0.39, 0.29) is 5.97 Å². The summed E-state index contributed by atoms with van der Waals surface area (Å²) >= 11 is 0.